The van der Waals surface area contributed by atoms with Crippen LogP contribution in [0.1, 0.15) is 253 Å². The van der Waals surface area contributed by atoms with E-state index in [0.29, 0.717) is 44.0 Å². The second-order valence-electron chi connectivity index (χ2n) is 17.4. The van der Waals surface area contributed by atoms with Crippen molar-refractivity contribution in [3.8, 4) is 0 Å². The summed E-state index contributed by atoms with van der Waals surface area (Å²) >= 11 is 0. The van der Waals surface area contributed by atoms with Crippen molar-refractivity contribution in [3.05, 3.63) is 0 Å². The summed E-state index contributed by atoms with van der Waals surface area (Å²) in [5, 5.41) is 0. The van der Waals surface area contributed by atoms with E-state index in [2.05, 4.69) is 46.6 Å². The standard InChI is InChI=1S/C50H99NO5/c1-7-12-22-32-46(33-23-13-8-2)40-44-55-49(52)38-28-20-16-18-26-36-48(54-43-31-30-42-51(6)11-5)37-27-19-17-21-29-39-50(53)56-45-41-47(34-24-14-9-3)35-25-15-10-4/h46-48H,7-45H2,1-6H3. The third-order valence-corrected chi connectivity index (χ3v) is 12.1. The Bertz CT molecular complexity index is 745. The molecule has 0 aliphatic carbocycles. The summed E-state index contributed by atoms with van der Waals surface area (Å²) < 4.78 is 17.8. The van der Waals surface area contributed by atoms with Crippen LogP contribution in [0.2, 0.25) is 0 Å². The van der Waals surface area contributed by atoms with E-state index in [-0.39, 0.29) is 11.9 Å². The molecule has 0 spiro atoms. The van der Waals surface area contributed by atoms with Crippen LogP contribution in [0.15, 0.2) is 0 Å². The van der Waals surface area contributed by atoms with Crippen molar-refractivity contribution >= 4 is 11.9 Å². The summed E-state index contributed by atoms with van der Waals surface area (Å²) in [5.74, 6) is 1.43. The van der Waals surface area contributed by atoms with Gasteiger partial charge in [-0.05, 0) is 83.3 Å². The first kappa shape index (κ1) is 54.9. The maximum Gasteiger partial charge on any atom is 0.305 e. The fourth-order valence-electron chi connectivity index (χ4n) is 7.97. The lowest BCUT2D eigenvalue weighted by molar-refractivity contribution is -0.145. The molecule has 0 amide bonds. The Labute approximate surface area is 350 Å². The summed E-state index contributed by atoms with van der Waals surface area (Å²) in [7, 11) is 2.19. The van der Waals surface area contributed by atoms with Gasteiger partial charge in [0.1, 0.15) is 0 Å². The van der Waals surface area contributed by atoms with Gasteiger partial charge in [-0.15, -0.1) is 0 Å². The minimum Gasteiger partial charge on any atom is -0.466 e. The lowest BCUT2D eigenvalue weighted by atomic mass is 9.92. The number of nitrogens with zero attached hydrogens (tertiary/aromatic N) is 1. The number of rotatable bonds is 45. The smallest absolute Gasteiger partial charge is 0.305 e. The molecule has 0 aromatic rings. The predicted molar refractivity (Wildman–Crippen MR) is 241 cm³/mol. The molecule has 6 nitrogen and oxygen atoms in total. The topological polar surface area (TPSA) is 65.1 Å². The van der Waals surface area contributed by atoms with Crippen molar-refractivity contribution in [3.63, 3.8) is 0 Å². The van der Waals surface area contributed by atoms with Gasteiger partial charge in [-0.2, -0.15) is 0 Å². The quantitative estimate of drug-likeness (QED) is 0.0452. The summed E-state index contributed by atoms with van der Waals surface area (Å²) in [6.45, 7) is 15.6. The number of hydrogen-bond acceptors (Lipinski definition) is 6. The van der Waals surface area contributed by atoms with Crippen molar-refractivity contribution in [2.75, 3.05) is 40.0 Å². The van der Waals surface area contributed by atoms with Crippen LogP contribution in [-0.2, 0) is 23.8 Å². The first-order valence-electron chi connectivity index (χ1n) is 25.0. The molecule has 0 aromatic heterocycles. The van der Waals surface area contributed by atoms with Crippen molar-refractivity contribution < 1.29 is 23.8 Å². The Morgan fingerprint density at radius 3 is 1.18 bits per heavy atom. The molecule has 56 heavy (non-hydrogen) atoms. The number of carbonyl (C=O) groups excluding carboxylic acids is 2. The normalized spacial score (nSPS) is 11.8. The minimum absolute atomic E-state index is 0.000852. The van der Waals surface area contributed by atoms with Gasteiger partial charge in [0, 0.05) is 19.4 Å². The highest BCUT2D eigenvalue weighted by molar-refractivity contribution is 5.69. The van der Waals surface area contributed by atoms with Gasteiger partial charge in [0.2, 0.25) is 0 Å². The molecule has 0 saturated carbocycles. The fourth-order valence-corrected chi connectivity index (χ4v) is 7.97. The first-order valence-corrected chi connectivity index (χ1v) is 25.0. The molecule has 0 radical (unpaired) electrons. The van der Waals surface area contributed by atoms with E-state index in [1.165, 1.54) is 148 Å². The molecule has 0 atom stereocenters. The predicted octanol–water partition coefficient (Wildman–Crippen LogP) is 15.0. The zero-order chi connectivity index (χ0) is 41.2. The number of ether oxygens (including phenoxy) is 3. The highest BCUT2D eigenvalue weighted by Crippen LogP contribution is 2.23. The molecule has 0 heterocycles. The van der Waals surface area contributed by atoms with Gasteiger partial charge in [-0.1, -0.05) is 189 Å². The third-order valence-electron chi connectivity index (χ3n) is 12.1. The molecule has 0 rings (SSSR count). The highest BCUT2D eigenvalue weighted by atomic mass is 16.5. The molecule has 0 bridgehead atoms. The first-order chi connectivity index (χ1) is 27.4. The zero-order valence-corrected chi connectivity index (χ0v) is 38.8. The van der Waals surface area contributed by atoms with Crippen LogP contribution in [-0.4, -0.2) is 62.9 Å². The largest absolute Gasteiger partial charge is 0.466 e. The highest BCUT2D eigenvalue weighted by Gasteiger charge is 2.13. The van der Waals surface area contributed by atoms with Crippen LogP contribution in [0.25, 0.3) is 0 Å². The molecule has 334 valence electrons. The van der Waals surface area contributed by atoms with E-state index in [9.17, 15) is 9.59 Å². The monoisotopic (exact) mass is 794 g/mol. The van der Waals surface area contributed by atoms with Crippen LogP contribution in [0.5, 0.6) is 0 Å². The lowest BCUT2D eigenvalue weighted by Gasteiger charge is -2.19. The Hall–Kier alpha value is -1.14. The zero-order valence-electron chi connectivity index (χ0n) is 38.8. The number of hydrogen-bond donors (Lipinski definition) is 0. The van der Waals surface area contributed by atoms with Crippen LogP contribution >= 0.6 is 0 Å². The van der Waals surface area contributed by atoms with E-state index in [0.717, 1.165) is 77.5 Å². The second kappa shape index (κ2) is 43.4. The molecule has 0 fully saturated rings. The lowest BCUT2D eigenvalue weighted by Crippen LogP contribution is -2.20. The molecule has 6 heteroatoms. The van der Waals surface area contributed by atoms with Crippen LogP contribution < -0.4 is 0 Å². The SMILES string of the molecule is CCCCCC(CCCCC)CCOC(=O)CCCCCCCC(CCCCCCCC(=O)OCCC(CCCCC)CCCCC)OCCCCN(C)CC. The fraction of sp³-hybridized carbons (Fsp3) is 0.960. The van der Waals surface area contributed by atoms with Gasteiger partial charge in [0.15, 0.2) is 0 Å². The van der Waals surface area contributed by atoms with Crippen molar-refractivity contribution in [2.24, 2.45) is 11.8 Å². The maximum atomic E-state index is 12.4. The average Bonchev–Trinajstić information content (AvgIpc) is 3.19. The van der Waals surface area contributed by atoms with Gasteiger partial charge >= 0.3 is 11.9 Å². The van der Waals surface area contributed by atoms with Crippen molar-refractivity contribution in [1.29, 1.82) is 0 Å². The van der Waals surface area contributed by atoms with Gasteiger partial charge in [-0.3, -0.25) is 9.59 Å². The van der Waals surface area contributed by atoms with Crippen molar-refractivity contribution in [2.45, 2.75) is 259 Å². The number of carbonyl (C=O) groups is 2. The molecule has 0 aromatic carbocycles. The van der Waals surface area contributed by atoms with Crippen molar-refractivity contribution in [1.82, 2.24) is 4.90 Å². The minimum atomic E-state index is -0.000852. The Balaban J connectivity index is 4.29. The summed E-state index contributed by atoms with van der Waals surface area (Å²) in [6, 6.07) is 0. The van der Waals surface area contributed by atoms with E-state index < -0.39 is 0 Å². The summed E-state index contributed by atoms with van der Waals surface area (Å²) in [4.78, 5) is 27.2. The van der Waals surface area contributed by atoms with E-state index in [4.69, 9.17) is 14.2 Å². The average molecular weight is 794 g/mol. The molecule has 0 saturated heterocycles. The Kier molecular flexibility index (Phi) is 42.6. The molecule has 0 aliphatic rings. The molecular formula is C50H99NO5. The van der Waals surface area contributed by atoms with Crippen LogP contribution in [0.4, 0.5) is 0 Å². The van der Waals surface area contributed by atoms with Gasteiger partial charge in [-0.25, -0.2) is 0 Å². The molecule has 0 aliphatic heterocycles. The molecule has 0 N–H and O–H groups in total. The Morgan fingerprint density at radius 1 is 0.411 bits per heavy atom. The Morgan fingerprint density at radius 2 is 0.786 bits per heavy atom. The van der Waals surface area contributed by atoms with E-state index in [1.54, 1.807) is 0 Å². The van der Waals surface area contributed by atoms with Gasteiger partial charge < -0.3 is 19.1 Å². The summed E-state index contributed by atoms with van der Waals surface area (Å²) in [6.07, 6.45) is 40.2. The van der Waals surface area contributed by atoms with Crippen LogP contribution in [0, 0.1) is 11.8 Å². The van der Waals surface area contributed by atoms with E-state index >= 15 is 0 Å². The summed E-state index contributed by atoms with van der Waals surface area (Å²) in [5.41, 5.74) is 0. The number of unbranched alkanes of at least 4 members (excludes halogenated alkanes) is 17. The second-order valence-corrected chi connectivity index (χ2v) is 17.4. The third kappa shape index (κ3) is 38.4. The number of esters is 2. The van der Waals surface area contributed by atoms with Crippen LogP contribution in [0.3, 0.4) is 0 Å². The van der Waals surface area contributed by atoms with Gasteiger partial charge in [0.25, 0.3) is 0 Å². The van der Waals surface area contributed by atoms with Gasteiger partial charge in [0.05, 0.1) is 19.3 Å². The molecular weight excluding hydrogens is 695 g/mol. The molecule has 0 unspecified atom stereocenters. The van der Waals surface area contributed by atoms with E-state index in [1.807, 2.05) is 0 Å². The maximum absolute atomic E-state index is 12.4.